The van der Waals surface area contributed by atoms with Crippen LogP contribution in [0.4, 0.5) is 0 Å². The number of nitrogens with zero attached hydrogens (tertiary/aromatic N) is 1. The zero-order valence-electron chi connectivity index (χ0n) is 15.4. The number of carbonyl (C=O) groups is 3. The molecule has 0 saturated heterocycles. The maximum Gasteiger partial charge on any atom is 0.325 e. The number of hydrogen-bond donors (Lipinski definition) is 1. The van der Waals surface area contributed by atoms with Gasteiger partial charge in [-0.15, -0.1) is 0 Å². The highest BCUT2D eigenvalue weighted by Crippen LogP contribution is 2.14. The van der Waals surface area contributed by atoms with Crippen molar-refractivity contribution in [1.29, 1.82) is 0 Å². The predicted molar refractivity (Wildman–Crippen MR) is 102 cm³/mol. The number of amides is 2. The summed E-state index contributed by atoms with van der Waals surface area (Å²) < 4.78 is 10.4. The van der Waals surface area contributed by atoms with Crippen LogP contribution in [-0.2, 0) is 20.9 Å². The first-order chi connectivity index (χ1) is 12.8. The normalized spacial score (nSPS) is 10.4. The third-order valence-electron chi connectivity index (χ3n) is 3.88. The smallest absolute Gasteiger partial charge is 0.325 e. The van der Waals surface area contributed by atoms with Crippen molar-refractivity contribution < 1.29 is 23.5 Å². The number of benzene rings is 1. The van der Waals surface area contributed by atoms with E-state index in [2.05, 4.69) is 21.2 Å². The summed E-state index contributed by atoms with van der Waals surface area (Å²) in [5.41, 5.74) is 3.28. The second kappa shape index (κ2) is 9.36. The lowest BCUT2D eigenvalue weighted by Gasteiger charge is -2.18. The molecule has 0 unspecified atom stereocenters. The molecule has 8 heteroatoms. The molecule has 2 amide bonds. The molecule has 0 saturated carbocycles. The van der Waals surface area contributed by atoms with Gasteiger partial charge in [0.1, 0.15) is 6.54 Å². The Labute approximate surface area is 165 Å². The number of furan rings is 1. The number of carbonyl (C=O) groups excluding carboxylic acids is 3. The molecule has 2 rings (SSSR count). The quantitative estimate of drug-likeness (QED) is 0.673. The van der Waals surface area contributed by atoms with Crippen molar-refractivity contribution in [2.45, 2.75) is 20.4 Å². The van der Waals surface area contributed by atoms with E-state index in [1.807, 2.05) is 32.0 Å². The molecule has 0 aliphatic heterocycles. The van der Waals surface area contributed by atoms with E-state index in [4.69, 9.17) is 9.15 Å². The molecule has 1 aromatic carbocycles. The van der Waals surface area contributed by atoms with Crippen LogP contribution in [0, 0.1) is 13.8 Å². The Hall–Kier alpha value is -2.61. The predicted octanol–water partition coefficient (Wildman–Crippen LogP) is 2.59. The van der Waals surface area contributed by atoms with Gasteiger partial charge in [-0.2, -0.15) is 0 Å². The molecule has 7 nitrogen and oxygen atoms in total. The van der Waals surface area contributed by atoms with Gasteiger partial charge in [-0.25, -0.2) is 0 Å². The number of likely N-dealkylation sites (N-methyl/N-ethyl adjacent to an activating group) is 1. The minimum absolute atomic E-state index is 0.0685. The number of halogens is 1. The van der Waals surface area contributed by atoms with Crippen molar-refractivity contribution in [3.05, 3.63) is 57.5 Å². The van der Waals surface area contributed by atoms with E-state index in [9.17, 15) is 14.4 Å². The van der Waals surface area contributed by atoms with Gasteiger partial charge in [0, 0.05) is 13.6 Å². The molecule has 0 bridgehead atoms. The number of aryl methyl sites for hydroxylation is 2. The molecule has 2 aromatic rings. The second-order valence-electron chi connectivity index (χ2n) is 6.13. The lowest BCUT2D eigenvalue weighted by molar-refractivity contribution is -0.150. The topological polar surface area (TPSA) is 88.9 Å². The third kappa shape index (κ3) is 6.25. The van der Waals surface area contributed by atoms with Gasteiger partial charge in [0.2, 0.25) is 0 Å². The van der Waals surface area contributed by atoms with Crippen LogP contribution in [0.25, 0.3) is 0 Å². The lowest BCUT2D eigenvalue weighted by atomic mass is 10.1. The SMILES string of the molecule is Cc1ccc(CN(C)C(=O)COC(=O)CNC(=O)c2ccc(Br)o2)c(C)c1. The molecule has 0 aliphatic carbocycles. The minimum atomic E-state index is -0.706. The van der Waals surface area contributed by atoms with Gasteiger partial charge >= 0.3 is 5.97 Å². The van der Waals surface area contributed by atoms with Crippen LogP contribution in [0.15, 0.2) is 39.4 Å². The number of rotatable bonds is 7. The van der Waals surface area contributed by atoms with Crippen LogP contribution in [-0.4, -0.2) is 42.9 Å². The van der Waals surface area contributed by atoms with E-state index in [0.717, 1.165) is 16.7 Å². The molecule has 0 spiro atoms. The highest BCUT2D eigenvalue weighted by molar-refractivity contribution is 9.10. The lowest BCUT2D eigenvalue weighted by Crippen LogP contribution is -2.34. The average molecular weight is 437 g/mol. The summed E-state index contributed by atoms with van der Waals surface area (Å²) in [6.45, 7) is 3.68. The van der Waals surface area contributed by atoms with E-state index in [1.54, 1.807) is 13.1 Å². The third-order valence-corrected chi connectivity index (χ3v) is 4.30. The van der Waals surface area contributed by atoms with E-state index in [1.165, 1.54) is 11.0 Å². The number of esters is 1. The summed E-state index contributed by atoms with van der Waals surface area (Å²) in [7, 11) is 1.64. The average Bonchev–Trinajstić information content (AvgIpc) is 3.06. The van der Waals surface area contributed by atoms with Crippen LogP contribution < -0.4 is 5.32 Å². The Kier molecular flexibility index (Phi) is 7.18. The fraction of sp³-hybridized carbons (Fsp3) is 0.316. The van der Waals surface area contributed by atoms with Gasteiger partial charge in [-0.05, 0) is 53.0 Å². The number of nitrogens with one attached hydrogen (secondary N) is 1. The maximum atomic E-state index is 12.1. The summed E-state index contributed by atoms with van der Waals surface area (Å²) in [5, 5.41) is 2.36. The molecule has 27 heavy (non-hydrogen) atoms. The van der Waals surface area contributed by atoms with Crippen LogP contribution >= 0.6 is 15.9 Å². The van der Waals surface area contributed by atoms with E-state index in [-0.39, 0.29) is 24.8 Å². The van der Waals surface area contributed by atoms with E-state index >= 15 is 0 Å². The van der Waals surface area contributed by atoms with Gasteiger partial charge in [-0.3, -0.25) is 14.4 Å². The van der Waals surface area contributed by atoms with Crippen molar-refractivity contribution in [2.24, 2.45) is 0 Å². The van der Waals surface area contributed by atoms with Crippen LogP contribution in [0.5, 0.6) is 0 Å². The number of ether oxygens (including phenoxy) is 1. The van der Waals surface area contributed by atoms with Gasteiger partial charge in [0.25, 0.3) is 11.8 Å². The Morgan fingerprint density at radius 3 is 2.56 bits per heavy atom. The van der Waals surface area contributed by atoms with E-state index in [0.29, 0.717) is 11.2 Å². The van der Waals surface area contributed by atoms with Crippen LogP contribution in [0.1, 0.15) is 27.2 Å². The summed E-state index contributed by atoms with van der Waals surface area (Å²) in [5.74, 6) is -1.51. The molecular formula is C19H21BrN2O5. The molecule has 1 aromatic heterocycles. The first-order valence-electron chi connectivity index (χ1n) is 8.25. The summed E-state index contributed by atoms with van der Waals surface area (Å²) >= 11 is 3.09. The second-order valence-corrected chi connectivity index (χ2v) is 6.91. The van der Waals surface area contributed by atoms with Crippen molar-refractivity contribution in [3.8, 4) is 0 Å². The molecule has 0 aliphatic rings. The highest BCUT2D eigenvalue weighted by Gasteiger charge is 2.15. The summed E-state index contributed by atoms with van der Waals surface area (Å²) in [6.07, 6.45) is 0. The molecule has 1 heterocycles. The van der Waals surface area contributed by atoms with Crippen LogP contribution in [0.3, 0.4) is 0 Å². The largest absolute Gasteiger partial charge is 0.454 e. The Balaban J connectivity index is 1.75. The number of hydrogen-bond acceptors (Lipinski definition) is 5. The maximum absolute atomic E-state index is 12.1. The molecular weight excluding hydrogens is 416 g/mol. The zero-order valence-corrected chi connectivity index (χ0v) is 17.0. The molecule has 0 radical (unpaired) electrons. The van der Waals surface area contributed by atoms with Gasteiger partial charge < -0.3 is 19.4 Å². The first-order valence-corrected chi connectivity index (χ1v) is 9.05. The summed E-state index contributed by atoms with van der Waals surface area (Å²) in [4.78, 5) is 37.1. The monoisotopic (exact) mass is 436 g/mol. The molecule has 144 valence electrons. The van der Waals surface area contributed by atoms with Crippen molar-refractivity contribution >= 4 is 33.7 Å². The Morgan fingerprint density at radius 1 is 1.19 bits per heavy atom. The highest BCUT2D eigenvalue weighted by atomic mass is 79.9. The fourth-order valence-corrected chi connectivity index (χ4v) is 2.65. The van der Waals surface area contributed by atoms with Gasteiger partial charge in [-0.1, -0.05) is 23.8 Å². The zero-order chi connectivity index (χ0) is 20.0. The Bertz CT molecular complexity index is 846. The Morgan fingerprint density at radius 2 is 1.93 bits per heavy atom. The standard InChI is InChI=1S/C19H21BrN2O5/c1-12-4-5-14(13(2)8-12)10-22(3)17(23)11-26-18(24)9-21-19(25)15-6-7-16(20)27-15/h4-8H,9-11H2,1-3H3,(H,21,25). The summed E-state index contributed by atoms with van der Waals surface area (Å²) in [6, 6.07) is 9.05. The molecule has 0 fully saturated rings. The molecule has 1 N–H and O–H groups in total. The van der Waals surface area contributed by atoms with E-state index < -0.39 is 11.9 Å². The minimum Gasteiger partial charge on any atom is -0.454 e. The fourth-order valence-electron chi connectivity index (χ4n) is 2.35. The first kappa shape index (κ1) is 20.7. The van der Waals surface area contributed by atoms with Crippen molar-refractivity contribution in [1.82, 2.24) is 10.2 Å². The van der Waals surface area contributed by atoms with Crippen LogP contribution in [0.2, 0.25) is 0 Å². The van der Waals surface area contributed by atoms with Crippen molar-refractivity contribution in [3.63, 3.8) is 0 Å². The van der Waals surface area contributed by atoms with Gasteiger partial charge in [0.15, 0.2) is 17.0 Å². The van der Waals surface area contributed by atoms with Crippen molar-refractivity contribution in [2.75, 3.05) is 20.2 Å². The van der Waals surface area contributed by atoms with Gasteiger partial charge in [0.05, 0.1) is 0 Å². The molecule has 0 atom stereocenters.